The molecule has 0 unspecified atom stereocenters. The van der Waals surface area contributed by atoms with E-state index in [9.17, 15) is 9.59 Å². The lowest BCUT2D eigenvalue weighted by Gasteiger charge is -2.21. The average molecular weight is 248 g/mol. The van der Waals surface area contributed by atoms with Crippen molar-refractivity contribution in [2.45, 2.75) is 6.42 Å². The molecule has 18 heavy (non-hydrogen) atoms. The Kier molecular flexibility index (Phi) is 3.82. The van der Waals surface area contributed by atoms with Crippen molar-refractivity contribution in [2.75, 3.05) is 31.6 Å². The van der Waals surface area contributed by atoms with Crippen LogP contribution in [-0.2, 0) is 9.53 Å². The van der Waals surface area contributed by atoms with Crippen LogP contribution in [0, 0.1) is 0 Å². The Bertz CT molecular complexity index is 442. The maximum absolute atomic E-state index is 11.5. The summed E-state index contributed by atoms with van der Waals surface area (Å²) in [4.78, 5) is 24.8. The van der Waals surface area contributed by atoms with Gasteiger partial charge in [-0.15, -0.1) is 0 Å². The van der Waals surface area contributed by atoms with Crippen LogP contribution < -0.4 is 10.2 Å². The number of benzene rings is 1. The van der Waals surface area contributed by atoms with Crippen molar-refractivity contribution in [2.24, 2.45) is 0 Å². The van der Waals surface area contributed by atoms with E-state index >= 15 is 0 Å². The van der Waals surface area contributed by atoms with Crippen LogP contribution >= 0.6 is 0 Å². The fraction of sp³-hybridized carbons (Fsp3) is 0.385. The van der Waals surface area contributed by atoms with Gasteiger partial charge in [0.2, 0.25) is 5.91 Å². The van der Waals surface area contributed by atoms with Crippen LogP contribution in [0.25, 0.3) is 0 Å². The minimum absolute atomic E-state index is 0.0320. The quantitative estimate of drug-likeness (QED) is 0.786. The summed E-state index contributed by atoms with van der Waals surface area (Å²) in [5, 5.41) is 2.83. The molecule has 0 aliphatic carbocycles. The Labute approximate surface area is 106 Å². The van der Waals surface area contributed by atoms with Crippen LogP contribution in [0.4, 0.5) is 5.69 Å². The van der Waals surface area contributed by atoms with Crippen LogP contribution in [0.15, 0.2) is 24.3 Å². The number of anilines is 1. The number of hydrogen-bond donors (Lipinski definition) is 1. The molecule has 5 heteroatoms. The minimum Gasteiger partial charge on any atom is -0.465 e. The third-order valence-electron chi connectivity index (χ3n) is 2.91. The molecule has 1 heterocycles. The normalized spacial score (nSPS) is 15.8. The van der Waals surface area contributed by atoms with Gasteiger partial charge < -0.3 is 15.0 Å². The van der Waals surface area contributed by atoms with Crippen LogP contribution in [0.5, 0.6) is 0 Å². The lowest BCUT2D eigenvalue weighted by atomic mass is 10.2. The van der Waals surface area contributed by atoms with Crippen LogP contribution in [0.3, 0.4) is 0 Å². The first-order valence-corrected chi connectivity index (χ1v) is 5.91. The summed E-state index contributed by atoms with van der Waals surface area (Å²) in [5.74, 6) is -0.320. The van der Waals surface area contributed by atoms with E-state index in [1.807, 2.05) is 17.0 Å². The molecular weight excluding hydrogens is 232 g/mol. The highest BCUT2D eigenvalue weighted by atomic mass is 16.5. The summed E-state index contributed by atoms with van der Waals surface area (Å²) in [6.07, 6.45) is 0.921. The second kappa shape index (κ2) is 5.53. The number of esters is 1. The van der Waals surface area contributed by atoms with Gasteiger partial charge in [-0.05, 0) is 30.7 Å². The molecule has 1 aliphatic heterocycles. The SMILES string of the molecule is COC(=O)c1ccc(N2CCCNC(=O)C2)cc1. The lowest BCUT2D eigenvalue weighted by molar-refractivity contribution is -0.119. The predicted octanol–water partition coefficient (Wildman–Crippen LogP) is 0.799. The van der Waals surface area contributed by atoms with Crippen molar-refractivity contribution in [3.05, 3.63) is 29.8 Å². The maximum Gasteiger partial charge on any atom is 0.337 e. The molecule has 1 saturated heterocycles. The fourth-order valence-electron chi connectivity index (χ4n) is 1.95. The lowest BCUT2D eigenvalue weighted by Crippen LogP contribution is -2.32. The summed E-state index contributed by atoms with van der Waals surface area (Å²) >= 11 is 0. The van der Waals surface area contributed by atoms with E-state index in [1.54, 1.807) is 12.1 Å². The third-order valence-corrected chi connectivity index (χ3v) is 2.91. The van der Waals surface area contributed by atoms with E-state index < -0.39 is 0 Å². The molecule has 0 spiro atoms. The molecule has 0 atom stereocenters. The van der Waals surface area contributed by atoms with E-state index in [2.05, 4.69) is 10.1 Å². The molecule has 5 nitrogen and oxygen atoms in total. The van der Waals surface area contributed by atoms with Crippen molar-refractivity contribution < 1.29 is 14.3 Å². The first kappa shape index (κ1) is 12.4. The van der Waals surface area contributed by atoms with Crippen LogP contribution in [0.2, 0.25) is 0 Å². The zero-order valence-electron chi connectivity index (χ0n) is 10.3. The summed E-state index contributed by atoms with van der Waals surface area (Å²) in [6, 6.07) is 7.10. The highest BCUT2D eigenvalue weighted by Gasteiger charge is 2.15. The predicted molar refractivity (Wildman–Crippen MR) is 67.6 cm³/mol. The molecule has 0 bridgehead atoms. The topological polar surface area (TPSA) is 58.6 Å². The number of carbonyl (C=O) groups is 2. The van der Waals surface area contributed by atoms with Gasteiger partial charge in [0.25, 0.3) is 0 Å². The molecule has 0 radical (unpaired) electrons. The summed E-state index contributed by atoms with van der Waals surface area (Å²) in [6.45, 7) is 1.91. The zero-order chi connectivity index (χ0) is 13.0. The Morgan fingerprint density at radius 3 is 2.72 bits per heavy atom. The molecule has 0 aromatic heterocycles. The highest BCUT2D eigenvalue weighted by Crippen LogP contribution is 2.16. The number of rotatable bonds is 2. The summed E-state index contributed by atoms with van der Waals surface area (Å²) < 4.78 is 4.64. The van der Waals surface area contributed by atoms with E-state index in [0.717, 1.165) is 25.2 Å². The van der Waals surface area contributed by atoms with Gasteiger partial charge in [-0.3, -0.25) is 4.79 Å². The van der Waals surface area contributed by atoms with Crippen molar-refractivity contribution in [3.63, 3.8) is 0 Å². The largest absolute Gasteiger partial charge is 0.465 e. The molecule has 0 saturated carbocycles. The van der Waals surface area contributed by atoms with Gasteiger partial charge in [0.05, 0.1) is 19.2 Å². The van der Waals surface area contributed by atoms with E-state index in [-0.39, 0.29) is 11.9 Å². The number of amides is 1. The molecule has 1 N–H and O–H groups in total. The number of methoxy groups -OCH3 is 1. The number of hydrogen-bond acceptors (Lipinski definition) is 4. The van der Waals surface area contributed by atoms with Gasteiger partial charge in [-0.2, -0.15) is 0 Å². The number of carbonyl (C=O) groups excluding carboxylic acids is 2. The van der Waals surface area contributed by atoms with Crippen molar-refractivity contribution in [1.82, 2.24) is 5.32 Å². The highest BCUT2D eigenvalue weighted by molar-refractivity contribution is 5.90. The van der Waals surface area contributed by atoms with Crippen molar-refractivity contribution >= 4 is 17.6 Å². The minimum atomic E-state index is -0.352. The average Bonchev–Trinajstić information content (AvgIpc) is 2.63. The van der Waals surface area contributed by atoms with Crippen molar-refractivity contribution in [1.29, 1.82) is 0 Å². The molecular formula is C13H16N2O3. The molecule has 1 aromatic rings. The second-order valence-corrected chi connectivity index (χ2v) is 4.16. The van der Waals surface area contributed by atoms with Crippen molar-refractivity contribution in [3.8, 4) is 0 Å². The molecule has 1 aliphatic rings. The number of ether oxygens (including phenoxy) is 1. The Balaban J connectivity index is 2.13. The molecule has 1 fully saturated rings. The number of nitrogens with zero attached hydrogens (tertiary/aromatic N) is 1. The van der Waals surface area contributed by atoms with Crippen LogP contribution in [-0.4, -0.2) is 38.6 Å². The molecule has 1 amide bonds. The van der Waals surface area contributed by atoms with E-state index in [4.69, 9.17) is 0 Å². The van der Waals surface area contributed by atoms with Crippen LogP contribution in [0.1, 0.15) is 16.8 Å². The zero-order valence-corrected chi connectivity index (χ0v) is 10.3. The van der Waals surface area contributed by atoms with Gasteiger partial charge in [0.15, 0.2) is 0 Å². The first-order chi connectivity index (χ1) is 8.70. The van der Waals surface area contributed by atoms with E-state index in [0.29, 0.717) is 12.1 Å². The number of nitrogens with one attached hydrogen (secondary N) is 1. The van der Waals surface area contributed by atoms with Gasteiger partial charge in [0, 0.05) is 18.8 Å². The molecule has 96 valence electrons. The van der Waals surface area contributed by atoms with Gasteiger partial charge in [0.1, 0.15) is 0 Å². The monoisotopic (exact) mass is 248 g/mol. The summed E-state index contributed by atoms with van der Waals surface area (Å²) in [7, 11) is 1.36. The molecule has 2 rings (SSSR count). The molecule has 1 aromatic carbocycles. The smallest absolute Gasteiger partial charge is 0.337 e. The third kappa shape index (κ3) is 2.80. The van der Waals surface area contributed by atoms with E-state index in [1.165, 1.54) is 7.11 Å². The fourth-order valence-corrected chi connectivity index (χ4v) is 1.95. The van der Waals surface area contributed by atoms with Gasteiger partial charge in [-0.1, -0.05) is 0 Å². The Morgan fingerprint density at radius 2 is 2.06 bits per heavy atom. The summed E-state index contributed by atoms with van der Waals surface area (Å²) in [5.41, 5.74) is 1.46. The van der Waals surface area contributed by atoms with Gasteiger partial charge >= 0.3 is 5.97 Å². The second-order valence-electron chi connectivity index (χ2n) is 4.16. The Morgan fingerprint density at radius 1 is 1.33 bits per heavy atom. The maximum atomic E-state index is 11.5. The Hall–Kier alpha value is -2.04. The van der Waals surface area contributed by atoms with Gasteiger partial charge in [-0.25, -0.2) is 4.79 Å². The first-order valence-electron chi connectivity index (χ1n) is 5.91. The standard InChI is InChI=1S/C13H16N2O3/c1-18-13(17)10-3-5-11(6-4-10)15-8-2-7-14-12(16)9-15/h3-6H,2,7-9H2,1H3,(H,14,16).